The second-order valence-corrected chi connectivity index (χ2v) is 5.64. The lowest BCUT2D eigenvalue weighted by molar-refractivity contribution is 0.112. The van der Waals surface area contributed by atoms with Gasteiger partial charge in [-0.25, -0.2) is 8.78 Å². The van der Waals surface area contributed by atoms with Crippen molar-refractivity contribution >= 4 is 6.29 Å². The number of ether oxygens (including phenoxy) is 2. The first-order chi connectivity index (χ1) is 12.7. The molecule has 0 aliphatic rings. The molecule has 3 aromatic carbocycles. The van der Waals surface area contributed by atoms with Gasteiger partial charge in [-0.2, -0.15) is 0 Å². The average Bonchev–Trinajstić information content (AvgIpc) is 2.68. The Morgan fingerprint density at radius 3 is 2.19 bits per heavy atom. The fourth-order valence-electron chi connectivity index (χ4n) is 2.36. The van der Waals surface area contributed by atoms with Crippen LogP contribution in [0.15, 0.2) is 66.7 Å². The Morgan fingerprint density at radius 2 is 1.46 bits per heavy atom. The van der Waals surface area contributed by atoms with E-state index in [1.807, 2.05) is 30.3 Å². The van der Waals surface area contributed by atoms with Crippen LogP contribution in [0.1, 0.15) is 21.5 Å². The highest BCUT2D eigenvalue weighted by Crippen LogP contribution is 2.29. The Labute approximate surface area is 149 Å². The van der Waals surface area contributed by atoms with E-state index in [1.165, 1.54) is 6.07 Å². The van der Waals surface area contributed by atoms with E-state index >= 15 is 0 Å². The molecule has 0 aliphatic carbocycles. The Balaban J connectivity index is 1.75. The van der Waals surface area contributed by atoms with Gasteiger partial charge in [-0.05, 0) is 41.5 Å². The second kappa shape index (κ2) is 8.25. The van der Waals surface area contributed by atoms with Gasteiger partial charge in [-0.1, -0.05) is 36.4 Å². The summed E-state index contributed by atoms with van der Waals surface area (Å²) < 4.78 is 37.8. The van der Waals surface area contributed by atoms with E-state index in [0.717, 1.165) is 17.7 Å². The number of aldehydes is 1. The number of benzene rings is 3. The van der Waals surface area contributed by atoms with Crippen LogP contribution >= 0.6 is 0 Å². The molecule has 0 fully saturated rings. The predicted molar refractivity (Wildman–Crippen MR) is 93.3 cm³/mol. The molecule has 0 saturated carbocycles. The molecular weight excluding hydrogens is 338 g/mol. The van der Waals surface area contributed by atoms with E-state index in [-0.39, 0.29) is 6.61 Å². The van der Waals surface area contributed by atoms with Crippen LogP contribution in [0, 0.1) is 11.6 Å². The zero-order valence-electron chi connectivity index (χ0n) is 13.8. The minimum absolute atomic E-state index is 0.0151. The van der Waals surface area contributed by atoms with Gasteiger partial charge in [0.15, 0.2) is 23.1 Å². The number of carbonyl (C=O) groups is 1. The first-order valence-electron chi connectivity index (χ1n) is 7.98. The number of hydrogen-bond donors (Lipinski definition) is 0. The summed E-state index contributed by atoms with van der Waals surface area (Å²) in [6, 6.07) is 18.0. The lowest BCUT2D eigenvalue weighted by atomic mass is 10.2. The van der Waals surface area contributed by atoms with Gasteiger partial charge in [0.2, 0.25) is 0 Å². The number of carbonyl (C=O) groups excluding carboxylic acids is 1. The van der Waals surface area contributed by atoms with Gasteiger partial charge in [-0.3, -0.25) is 4.79 Å². The Kier molecular flexibility index (Phi) is 5.59. The van der Waals surface area contributed by atoms with Gasteiger partial charge in [0, 0.05) is 5.56 Å². The molecule has 3 rings (SSSR count). The topological polar surface area (TPSA) is 35.5 Å². The van der Waals surface area contributed by atoms with Crippen molar-refractivity contribution in [3.8, 4) is 11.5 Å². The zero-order chi connectivity index (χ0) is 18.4. The van der Waals surface area contributed by atoms with E-state index in [2.05, 4.69) is 0 Å². The maximum Gasteiger partial charge on any atom is 0.162 e. The fourth-order valence-corrected chi connectivity index (χ4v) is 2.36. The summed E-state index contributed by atoms with van der Waals surface area (Å²) in [6.07, 6.45) is 0.700. The third-order valence-corrected chi connectivity index (χ3v) is 3.72. The Bertz CT molecular complexity index is 895. The van der Waals surface area contributed by atoms with Gasteiger partial charge < -0.3 is 9.47 Å². The van der Waals surface area contributed by atoms with Gasteiger partial charge in [-0.15, -0.1) is 0 Å². The quantitative estimate of drug-likeness (QED) is 0.564. The van der Waals surface area contributed by atoms with Crippen LogP contribution in [0.25, 0.3) is 0 Å². The molecule has 5 heteroatoms. The van der Waals surface area contributed by atoms with Crippen molar-refractivity contribution in [2.24, 2.45) is 0 Å². The highest BCUT2D eigenvalue weighted by Gasteiger charge is 2.09. The van der Waals surface area contributed by atoms with Crippen molar-refractivity contribution in [1.29, 1.82) is 0 Å². The number of halogens is 2. The SMILES string of the molecule is O=Cc1ccc(OCc2ccccc2)c(OCc2ccc(F)c(F)c2)c1. The van der Waals surface area contributed by atoms with Crippen LogP contribution in [0.4, 0.5) is 8.78 Å². The monoisotopic (exact) mass is 354 g/mol. The largest absolute Gasteiger partial charge is 0.485 e. The molecule has 0 bridgehead atoms. The summed E-state index contributed by atoms with van der Waals surface area (Å²) in [5.74, 6) is -1.03. The lowest BCUT2D eigenvalue weighted by Crippen LogP contribution is -2.02. The molecular formula is C21H16F2O3. The molecule has 0 unspecified atom stereocenters. The first kappa shape index (κ1) is 17.6. The van der Waals surface area contributed by atoms with Crippen LogP contribution < -0.4 is 9.47 Å². The standard InChI is InChI=1S/C21H16F2O3/c22-18-8-6-17(10-19(18)23)14-26-21-11-16(12-24)7-9-20(21)25-13-15-4-2-1-3-5-15/h1-12H,13-14H2. The van der Waals surface area contributed by atoms with Crippen LogP contribution in [0.2, 0.25) is 0 Å². The maximum absolute atomic E-state index is 13.3. The highest BCUT2D eigenvalue weighted by molar-refractivity contribution is 5.76. The molecule has 0 atom stereocenters. The summed E-state index contributed by atoms with van der Waals surface area (Å²) in [7, 11) is 0. The Hall–Kier alpha value is -3.21. The molecule has 0 aromatic heterocycles. The predicted octanol–water partition coefficient (Wildman–Crippen LogP) is 4.94. The van der Waals surface area contributed by atoms with Gasteiger partial charge in [0.25, 0.3) is 0 Å². The second-order valence-electron chi connectivity index (χ2n) is 5.64. The van der Waals surface area contributed by atoms with Crippen molar-refractivity contribution in [1.82, 2.24) is 0 Å². The third kappa shape index (κ3) is 4.45. The van der Waals surface area contributed by atoms with Gasteiger partial charge >= 0.3 is 0 Å². The molecule has 0 N–H and O–H groups in total. The molecule has 26 heavy (non-hydrogen) atoms. The maximum atomic E-state index is 13.3. The summed E-state index contributed by atoms with van der Waals surface area (Å²) >= 11 is 0. The third-order valence-electron chi connectivity index (χ3n) is 3.72. The van der Waals surface area contributed by atoms with Gasteiger partial charge in [0.1, 0.15) is 19.5 Å². The first-order valence-corrected chi connectivity index (χ1v) is 7.98. The van der Waals surface area contributed by atoms with Crippen molar-refractivity contribution in [2.45, 2.75) is 13.2 Å². The van der Waals surface area contributed by atoms with Gasteiger partial charge in [0.05, 0.1) is 0 Å². The molecule has 0 heterocycles. The smallest absolute Gasteiger partial charge is 0.162 e. The molecule has 0 spiro atoms. The fraction of sp³-hybridized carbons (Fsp3) is 0.0952. The van der Waals surface area contributed by atoms with E-state index in [1.54, 1.807) is 18.2 Å². The van der Waals surface area contributed by atoms with E-state index in [0.29, 0.717) is 35.5 Å². The molecule has 132 valence electrons. The average molecular weight is 354 g/mol. The van der Waals surface area contributed by atoms with Crippen molar-refractivity contribution in [3.05, 3.63) is 95.1 Å². The summed E-state index contributed by atoms with van der Waals surface area (Å²) in [5.41, 5.74) is 1.88. The lowest BCUT2D eigenvalue weighted by Gasteiger charge is -2.13. The van der Waals surface area contributed by atoms with Crippen LogP contribution in [-0.2, 0) is 13.2 Å². The van der Waals surface area contributed by atoms with E-state index in [9.17, 15) is 13.6 Å². The van der Waals surface area contributed by atoms with Crippen LogP contribution in [0.5, 0.6) is 11.5 Å². The molecule has 0 radical (unpaired) electrons. The molecule has 3 aromatic rings. The summed E-state index contributed by atoms with van der Waals surface area (Å²) in [6.45, 7) is 0.351. The van der Waals surface area contributed by atoms with Crippen LogP contribution in [-0.4, -0.2) is 6.29 Å². The van der Waals surface area contributed by atoms with Crippen molar-refractivity contribution in [3.63, 3.8) is 0 Å². The van der Waals surface area contributed by atoms with Crippen molar-refractivity contribution in [2.75, 3.05) is 0 Å². The normalized spacial score (nSPS) is 10.4. The van der Waals surface area contributed by atoms with Crippen molar-refractivity contribution < 1.29 is 23.0 Å². The molecule has 0 aliphatic heterocycles. The summed E-state index contributed by atoms with van der Waals surface area (Å²) in [4.78, 5) is 11.0. The molecule has 3 nitrogen and oxygen atoms in total. The minimum atomic E-state index is -0.937. The highest BCUT2D eigenvalue weighted by atomic mass is 19.2. The van der Waals surface area contributed by atoms with Crippen LogP contribution in [0.3, 0.4) is 0 Å². The zero-order valence-corrected chi connectivity index (χ0v) is 13.8. The Morgan fingerprint density at radius 1 is 0.731 bits per heavy atom. The number of hydrogen-bond acceptors (Lipinski definition) is 3. The van der Waals surface area contributed by atoms with E-state index in [4.69, 9.17) is 9.47 Å². The van der Waals surface area contributed by atoms with E-state index < -0.39 is 11.6 Å². The summed E-state index contributed by atoms with van der Waals surface area (Å²) in [5, 5.41) is 0. The number of rotatable bonds is 7. The molecule has 0 saturated heterocycles. The minimum Gasteiger partial charge on any atom is -0.485 e. The molecule has 0 amide bonds.